The third-order valence-corrected chi connectivity index (χ3v) is 1.65. The summed E-state index contributed by atoms with van der Waals surface area (Å²) >= 11 is 0. The Hall–Kier alpha value is -0.0300. The van der Waals surface area contributed by atoms with E-state index in [1.54, 1.807) is 0 Å². The van der Waals surface area contributed by atoms with Crippen molar-refractivity contribution >= 4 is 0 Å². The lowest BCUT2D eigenvalue weighted by Crippen LogP contribution is -2.63. The van der Waals surface area contributed by atoms with Gasteiger partial charge < -0.3 is 16.4 Å². The molecule has 8 nitrogen and oxygen atoms in total. The molecule has 92 valence electrons. The number of halogens is 1. The summed E-state index contributed by atoms with van der Waals surface area (Å²) in [6.45, 7) is 3.58. The monoisotopic (exact) mass is 244 g/mol. The molecule has 0 saturated carbocycles. The van der Waals surface area contributed by atoms with Crippen LogP contribution in [-0.2, 0) is 4.39 Å². The van der Waals surface area contributed by atoms with Crippen molar-refractivity contribution in [2.24, 2.45) is 5.73 Å². The molecule has 0 amide bonds. The molecule has 0 atom stereocenters. The van der Waals surface area contributed by atoms with E-state index in [1.807, 2.05) is 5.48 Å². The van der Waals surface area contributed by atoms with Gasteiger partial charge in [0.15, 0.2) is 4.39 Å². The van der Waals surface area contributed by atoms with Crippen LogP contribution in [0.4, 0.5) is 0 Å². The Kier molecular flexibility index (Phi) is 9.20. The Morgan fingerprint density at radius 2 is 1.47 bits per heavy atom. The van der Waals surface area contributed by atoms with Crippen LogP contribution in [0.2, 0.25) is 0 Å². The van der Waals surface area contributed by atoms with E-state index in [0.29, 0.717) is 13.1 Å². The number of rotatable bonds is 10. The fourth-order valence-electron chi connectivity index (χ4n) is 0.774. The normalized spacial score (nSPS) is 12.0. The Morgan fingerprint density at radius 1 is 0.933 bits per heavy atom. The maximum absolute atomic E-state index is 9.93. The molecule has 0 aromatic heterocycles. The van der Waals surface area contributed by atoms with Crippen LogP contribution in [-0.4, -0.2) is 39.3 Å². The zero-order valence-corrected chi connectivity index (χ0v) is 9.09. The molecule has 5 N–H and O–H groups in total. The van der Waals surface area contributed by atoms with Gasteiger partial charge in [-0.15, -0.1) is 0 Å². The number of nitrogens with one attached hydrogen (secondary N) is 3. The van der Waals surface area contributed by atoms with Gasteiger partial charge in [-0.25, -0.2) is 0 Å². The second kappa shape index (κ2) is 9.21. The van der Waals surface area contributed by atoms with Crippen LogP contribution in [0.3, 0.4) is 0 Å². The van der Waals surface area contributed by atoms with Crippen molar-refractivity contribution in [2.75, 3.05) is 39.3 Å². The minimum absolute atomic E-state index is 0.228. The first-order chi connectivity index (χ1) is 7.06. The fourth-order valence-corrected chi connectivity index (χ4v) is 0.984. The minimum Gasteiger partial charge on any atom is -0.329 e. The molecule has 0 spiro atoms. The van der Waals surface area contributed by atoms with Gasteiger partial charge in [0.2, 0.25) is 0 Å². The highest BCUT2D eigenvalue weighted by molar-refractivity contribution is 4.52. The molecular formula is C6H17ClN4O4. The van der Waals surface area contributed by atoms with E-state index in [0.717, 1.165) is 19.6 Å². The highest BCUT2D eigenvalue weighted by Crippen LogP contribution is 1.79. The largest absolute Gasteiger partial charge is 0.329 e. The van der Waals surface area contributed by atoms with Gasteiger partial charge in [-0.3, -0.25) is 0 Å². The van der Waals surface area contributed by atoms with E-state index in [9.17, 15) is 14.0 Å². The predicted octanol–water partition coefficient (Wildman–Crippen LogP) is -5.46. The van der Waals surface area contributed by atoms with Gasteiger partial charge in [0, 0.05) is 39.3 Å². The lowest BCUT2D eigenvalue weighted by Gasteiger charge is -2.11. The molecule has 0 aromatic carbocycles. The van der Waals surface area contributed by atoms with Crippen molar-refractivity contribution in [3.63, 3.8) is 0 Å². The van der Waals surface area contributed by atoms with E-state index in [2.05, 4.69) is 15.0 Å². The predicted molar refractivity (Wildman–Crippen MR) is 43.9 cm³/mol. The minimum atomic E-state index is -4.39. The third-order valence-electron chi connectivity index (χ3n) is 1.35. The zero-order chi connectivity index (χ0) is 11.6. The molecule has 9 heteroatoms. The van der Waals surface area contributed by atoms with Crippen molar-refractivity contribution in [1.82, 2.24) is 16.1 Å². The second-order valence-electron chi connectivity index (χ2n) is 2.64. The molecular weight excluding hydrogens is 228 g/mol. The SMILES string of the molecule is NCCNCCNCCNO[Cl+3]([O-])([O-])[O-]. The summed E-state index contributed by atoms with van der Waals surface area (Å²) in [4.78, 5) is 0. The van der Waals surface area contributed by atoms with Crippen LogP contribution < -0.4 is 35.8 Å². The van der Waals surface area contributed by atoms with E-state index in [1.165, 1.54) is 0 Å². The highest BCUT2D eigenvalue weighted by atomic mass is 35.7. The maximum Gasteiger partial charge on any atom is 0.176 e. The second-order valence-corrected chi connectivity index (χ2v) is 3.55. The van der Waals surface area contributed by atoms with E-state index < -0.39 is 10.2 Å². The molecule has 0 rings (SSSR count). The van der Waals surface area contributed by atoms with Gasteiger partial charge >= 0.3 is 0 Å². The number of hydrogen-bond donors (Lipinski definition) is 4. The van der Waals surface area contributed by atoms with E-state index in [-0.39, 0.29) is 6.54 Å². The summed E-state index contributed by atoms with van der Waals surface area (Å²) in [6, 6.07) is 0. The molecule has 15 heavy (non-hydrogen) atoms. The Morgan fingerprint density at radius 3 is 2.00 bits per heavy atom. The summed E-state index contributed by atoms with van der Waals surface area (Å²) in [5, 5.41) is 6.05. The van der Waals surface area contributed by atoms with Gasteiger partial charge in [-0.1, -0.05) is 5.48 Å². The Labute approximate surface area is 90.5 Å². The van der Waals surface area contributed by atoms with Gasteiger partial charge in [0.05, 0.1) is 0 Å². The molecule has 0 saturated heterocycles. The smallest absolute Gasteiger partial charge is 0.176 e. The Bertz CT molecular complexity index is 146. The van der Waals surface area contributed by atoms with Crippen molar-refractivity contribution in [3.05, 3.63) is 0 Å². The van der Waals surface area contributed by atoms with E-state index >= 15 is 0 Å². The average Bonchev–Trinajstić information content (AvgIpc) is 2.14. The molecule has 0 heterocycles. The van der Waals surface area contributed by atoms with Gasteiger partial charge in [-0.05, 0) is 0 Å². The first kappa shape index (κ1) is 15.0. The van der Waals surface area contributed by atoms with Crippen molar-refractivity contribution in [2.45, 2.75) is 0 Å². The van der Waals surface area contributed by atoms with Crippen LogP contribution in [0.25, 0.3) is 0 Å². The number of hydroxylamine groups is 1. The molecule has 0 unspecified atom stereocenters. The van der Waals surface area contributed by atoms with Crippen LogP contribution in [0.1, 0.15) is 0 Å². The van der Waals surface area contributed by atoms with Crippen molar-refractivity contribution in [1.29, 1.82) is 0 Å². The van der Waals surface area contributed by atoms with Crippen LogP contribution in [0.5, 0.6) is 0 Å². The number of nitrogens with two attached hydrogens (primary N) is 1. The summed E-state index contributed by atoms with van der Waals surface area (Å²) in [6.07, 6.45) is 0. The standard InChI is InChI=1S/C6H17ClN4O4/c8-1-2-9-3-4-10-5-6-11-15-7(12,13)14/h9-11H,1-6,8H2. The number of hydrogen-bond acceptors (Lipinski definition) is 8. The van der Waals surface area contributed by atoms with Crippen LogP contribution in [0, 0.1) is 10.2 Å². The van der Waals surface area contributed by atoms with Gasteiger partial charge in [-0.2, -0.15) is 14.0 Å². The summed E-state index contributed by atoms with van der Waals surface area (Å²) in [7, 11) is -4.39. The van der Waals surface area contributed by atoms with E-state index in [4.69, 9.17) is 5.73 Å². The molecule has 0 fully saturated rings. The average molecular weight is 245 g/mol. The molecule has 0 bridgehead atoms. The van der Waals surface area contributed by atoms with Gasteiger partial charge in [0.1, 0.15) is 10.2 Å². The quantitative estimate of drug-likeness (QED) is 0.220. The third kappa shape index (κ3) is 14.0. The lowest BCUT2D eigenvalue weighted by atomic mass is 10.5. The molecule has 0 radical (unpaired) electrons. The Balaban J connectivity index is 2.99. The first-order valence-corrected chi connectivity index (χ1v) is 5.73. The molecule has 0 aliphatic carbocycles. The summed E-state index contributed by atoms with van der Waals surface area (Å²) in [5.41, 5.74) is 7.26. The zero-order valence-electron chi connectivity index (χ0n) is 8.33. The van der Waals surface area contributed by atoms with Crippen molar-refractivity contribution in [3.8, 4) is 0 Å². The lowest BCUT2D eigenvalue weighted by molar-refractivity contribution is -1.92. The summed E-state index contributed by atoms with van der Waals surface area (Å²) < 4.78 is 33.5. The first-order valence-electron chi connectivity index (χ1n) is 4.50. The van der Waals surface area contributed by atoms with Crippen LogP contribution in [0.15, 0.2) is 0 Å². The van der Waals surface area contributed by atoms with Crippen molar-refractivity contribution < 1.29 is 28.6 Å². The van der Waals surface area contributed by atoms with Gasteiger partial charge in [0.25, 0.3) is 0 Å². The fraction of sp³-hybridized carbons (Fsp3) is 1.00. The molecule has 0 aromatic rings. The van der Waals surface area contributed by atoms with Crippen LogP contribution >= 0.6 is 0 Å². The highest BCUT2D eigenvalue weighted by Gasteiger charge is 2.16. The summed E-state index contributed by atoms with van der Waals surface area (Å²) in [5.74, 6) is 0. The topological polar surface area (TPSA) is 141 Å². The molecule has 0 aliphatic rings. The maximum atomic E-state index is 9.93. The molecule has 0 aliphatic heterocycles.